The Labute approximate surface area is 164 Å². The number of fused-ring (bicyclic) bond motifs is 1. The Balaban J connectivity index is 1.77. The Hall–Kier alpha value is -0.770. The quantitative estimate of drug-likeness (QED) is 0.383. The summed E-state index contributed by atoms with van der Waals surface area (Å²) in [5.41, 5.74) is 1.62. The summed E-state index contributed by atoms with van der Waals surface area (Å²) in [6.45, 7) is 13.8. The van der Waals surface area contributed by atoms with Gasteiger partial charge in [0, 0.05) is 25.6 Å². The third-order valence-corrected chi connectivity index (χ3v) is 9.17. The molecule has 0 aliphatic heterocycles. The smallest absolute Gasteiger partial charge is 0.0601 e. The molecule has 0 bridgehead atoms. The van der Waals surface area contributed by atoms with Gasteiger partial charge in [0.1, 0.15) is 0 Å². The van der Waals surface area contributed by atoms with E-state index in [1.807, 2.05) is 34.4 Å². The number of hydrogen-bond donors (Lipinski definition) is 0. The zero-order valence-corrected chi connectivity index (χ0v) is 18.5. The summed E-state index contributed by atoms with van der Waals surface area (Å²) in [4.78, 5) is 2.99. The van der Waals surface area contributed by atoms with Crippen molar-refractivity contribution in [3.8, 4) is 0 Å². The van der Waals surface area contributed by atoms with E-state index in [1.54, 1.807) is 0 Å². The van der Waals surface area contributed by atoms with Crippen LogP contribution in [-0.2, 0) is 5.41 Å². The van der Waals surface area contributed by atoms with Crippen LogP contribution in [0.4, 0.5) is 0 Å². The van der Waals surface area contributed by atoms with Crippen LogP contribution in [0.2, 0.25) is 0 Å². The lowest BCUT2D eigenvalue weighted by molar-refractivity contribution is 0.617. The van der Waals surface area contributed by atoms with E-state index in [1.165, 1.54) is 29.6 Å². The zero-order chi connectivity index (χ0) is 18.2. The van der Waals surface area contributed by atoms with Gasteiger partial charge in [-0.3, -0.25) is 0 Å². The van der Waals surface area contributed by atoms with Crippen molar-refractivity contribution in [1.82, 2.24) is 0 Å². The summed E-state index contributed by atoms with van der Waals surface area (Å²) in [7, 11) is 0. The van der Waals surface area contributed by atoms with Crippen LogP contribution in [0, 0.1) is 0 Å². The molecule has 0 fully saturated rings. The first-order valence-electron chi connectivity index (χ1n) is 9.03. The van der Waals surface area contributed by atoms with Gasteiger partial charge < -0.3 is 0 Å². The first-order chi connectivity index (χ1) is 11.8. The molecule has 0 saturated heterocycles. The molecule has 0 amide bonds. The topological polar surface area (TPSA) is 0 Å². The highest BCUT2D eigenvalue weighted by atomic mass is 32.2. The number of thioether (sulfide) groups is 1. The van der Waals surface area contributed by atoms with Gasteiger partial charge in [-0.05, 0) is 47.1 Å². The molecule has 134 valence electrons. The van der Waals surface area contributed by atoms with Crippen LogP contribution in [0.3, 0.4) is 0 Å². The lowest BCUT2D eigenvalue weighted by Gasteiger charge is -2.22. The van der Waals surface area contributed by atoms with E-state index < -0.39 is 0 Å². The maximum atomic E-state index is 2.42. The first-order valence-corrected chi connectivity index (χ1v) is 11.6. The average Bonchev–Trinajstić information content (AvgIpc) is 3.19. The largest absolute Gasteiger partial charge is 0.140 e. The van der Waals surface area contributed by atoms with E-state index in [0.29, 0.717) is 11.8 Å². The van der Waals surface area contributed by atoms with Crippen LogP contribution in [0.1, 0.15) is 68.7 Å². The molecule has 0 nitrogen and oxygen atoms in total. The predicted molar refractivity (Wildman–Crippen MR) is 118 cm³/mol. The minimum atomic E-state index is 0.189. The molecule has 0 aliphatic carbocycles. The summed E-state index contributed by atoms with van der Waals surface area (Å²) < 4.78 is 2.86. The molecule has 0 radical (unpaired) electrons. The highest BCUT2D eigenvalue weighted by Crippen LogP contribution is 2.40. The molecule has 3 heteroatoms. The van der Waals surface area contributed by atoms with E-state index in [2.05, 4.69) is 77.9 Å². The monoisotopic (exact) mass is 388 g/mol. The Kier molecular flexibility index (Phi) is 5.67. The molecule has 1 aromatic carbocycles. The maximum Gasteiger partial charge on any atom is 0.0601 e. The van der Waals surface area contributed by atoms with Crippen LogP contribution in [0.5, 0.6) is 0 Å². The second-order valence-electron chi connectivity index (χ2n) is 8.05. The number of hydrogen-bond acceptors (Lipinski definition) is 3. The third-order valence-electron chi connectivity index (χ3n) is 4.62. The van der Waals surface area contributed by atoms with Crippen molar-refractivity contribution in [2.75, 3.05) is 5.75 Å². The minimum Gasteiger partial charge on any atom is -0.140 e. The Morgan fingerprint density at radius 2 is 1.68 bits per heavy atom. The van der Waals surface area contributed by atoms with Crippen LogP contribution in [0.25, 0.3) is 10.1 Å². The highest BCUT2D eigenvalue weighted by molar-refractivity contribution is 8.01. The fourth-order valence-corrected chi connectivity index (χ4v) is 6.30. The zero-order valence-electron chi connectivity index (χ0n) is 16.1. The lowest BCUT2D eigenvalue weighted by Crippen LogP contribution is -2.18. The molecule has 0 aliphatic rings. The summed E-state index contributed by atoms with van der Waals surface area (Å²) in [6, 6.07) is 14.0. The van der Waals surface area contributed by atoms with Crippen LogP contribution >= 0.6 is 34.4 Å². The molecular weight excluding hydrogens is 360 g/mol. The molecule has 0 atom stereocenters. The van der Waals surface area contributed by atoms with Gasteiger partial charge in [0.15, 0.2) is 0 Å². The van der Waals surface area contributed by atoms with Gasteiger partial charge in [-0.2, -0.15) is 0 Å². The number of benzene rings is 1. The van der Waals surface area contributed by atoms with Gasteiger partial charge in [-0.25, -0.2) is 0 Å². The molecule has 0 unspecified atom stereocenters. The molecule has 2 heterocycles. The molecule has 0 spiro atoms. The average molecular weight is 389 g/mol. The van der Waals surface area contributed by atoms with E-state index in [4.69, 9.17) is 0 Å². The third kappa shape index (κ3) is 4.32. The Morgan fingerprint density at radius 1 is 0.920 bits per heavy atom. The molecule has 0 N–H and O–H groups in total. The molecule has 25 heavy (non-hydrogen) atoms. The Bertz CT molecular complexity index is 849. The molecular formula is C22H28S3. The van der Waals surface area contributed by atoms with Gasteiger partial charge in [0.25, 0.3) is 0 Å². The van der Waals surface area contributed by atoms with E-state index in [0.717, 1.165) is 5.75 Å². The fourth-order valence-electron chi connectivity index (χ4n) is 2.80. The summed E-state index contributed by atoms with van der Waals surface area (Å²) in [5.74, 6) is 2.34. The van der Waals surface area contributed by atoms with E-state index >= 15 is 0 Å². The van der Waals surface area contributed by atoms with Gasteiger partial charge in [-0.1, -0.05) is 53.7 Å². The standard InChI is InChI=1S/C22H28S3/c1-14(2)16-7-8-19-17(11-16)12-20(24-19)22(5,6)13-23-21-10-9-18(25-21)15(3)4/h7-12,14-15H,13H2,1-6H3. The molecule has 3 rings (SSSR count). The van der Waals surface area contributed by atoms with Crippen molar-refractivity contribution in [2.24, 2.45) is 0 Å². The Morgan fingerprint density at radius 3 is 2.32 bits per heavy atom. The van der Waals surface area contributed by atoms with E-state index in [9.17, 15) is 0 Å². The van der Waals surface area contributed by atoms with Crippen molar-refractivity contribution in [1.29, 1.82) is 0 Å². The minimum absolute atomic E-state index is 0.189. The van der Waals surface area contributed by atoms with Crippen LogP contribution < -0.4 is 0 Å². The van der Waals surface area contributed by atoms with Gasteiger partial charge >= 0.3 is 0 Å². The highest BCUT2D eigenvalue weighted by Gasteiger charge is 2.24. The summed E-state index contributed by atoms with van der Waals surface area (Å²) >= 11 is 5.92. The summed E-state index contributed by atoms with van der Waals surface area (Å²) in [5, 5.41) is 1.41. The van der Waals surface area contributed by atoms with Crippen molar-refractivity contribution in [3.63, 3.8) is 0 Å². The van der Waals surface area contributed by atoms with Crippen molar-refractivity contribution < 1.29 is 0 Å². The molecule has 3 aromatic rings. The van der Waals surface area contributed by atoms with Gasteiger partial charge in [-0.15, -0.1) is 34.4 Å². The number of rotatable bonds is 6. The molecule has 2 aromatic heterocycles. The lowest BCUT2D eigenvalue weighted by atomic mass is 9.93. The van der Waals surface area contributed by atoms with Crippen molar-refractivity contribution >= 4 is 44.5 Å². The maximum absolute atomic E-state index is 2.42. The SMILES string of the molecule is CC(C)c1ccc2sc(C(C)(C)CSc3ccc(C(C)C)s3)cc2c1. The van der Waals surface area contributed by atoms with Gasteiger partial charge in [0.2, 0.25) is 0 Å². The predicted octanol–water partition coefficient (Wildman–Crippen LogP) is 8.28. The fraction of sp³-hybridized carbons (Fsp3) is 0.455. The van der Waals surface area contributed by atoms with Crippen molar-refractivity contribution in [3.05, 3.63) is 51.7 Å². The second kappa shape index (κ2) is 7.46. The molecule has 0 saturated carbocycles. The first kappa shape index (κ1) is 19.0. The van der Waals surface area contributed by atoms with E-state index in [-0.39, 0.29) is 5.41 Å². The normalized spacial score (nSPS) is 12.6. The van der Waals surface area contributed by atoms with Gasteiger partial charge in [0.05, 0.1) is 4.21 Å². The van der Waals surface area contributed by atoms with Crippen LogP contribution in [-0.4, -0.2) is 5.75 Å². The number of thiophene rings is 2. The second-order valence-corrected chi connectivity index (χ2v) is 11.5. The van der Waals surface area contributed by atoms with Crippen molar-refractivity contribution in [2.45, 2.75) is 63.0 Å². The van der Waals surface area contributed by atoms with Crippen LogP contribution in [0.15, 0.2) is 40.6 Å². The summed E-state index contributed by atoms with van der Waals surface area (Å²) in [6.07, 6.45) is 0.